The van der Waals surface area contributed by atoms with Crippen molar-refractivity contribution in [1.82, 2.24) is 4.90 Å². The summed E-state index contributed by atoms with van der Waals surface area (Å²) in [6.07, 6.45) is 2.30. The van der Waals surface area contributed by atoms with Gasteiger partial charge in [-0.1, -0.05) is 50.6 Å². The number of nitro benzene ring substituents is 1. The minimum atomic E-state index is -3.90. The predicted octanol–water partition coefficient (Wildman–Crippen LogP) is 5.33. The van der Waals surface area contributed by atoms with Crippen LogP contribution in [0.4, 0.5) is 5.69 Å². The topological polar surface area (TPSA) is 89.8 Å². The maximum absolute atomic E-state index is 12.9. The molecule has 0 bridgehead atoms. The number of non-ortho nitro benzene ring substituents is 1. The smallest absolute Gasteiger partial charge is 0.277 e. The third-order valence-electron chi connectivity index (χ3n) is 5.42. The Morgan fingerprint density at radius 2 is 1.66 bits per heavy atom. The highest BCUT2D eigenvalue weighted by atomic mass is 32.2. The van der Waals surface area contributed by atoms with Crippen LogP contribution in [-0.2, 0) is 20.7 Å². The molecule has 0 aliphatic heterocycles. The van der Waals surface area contributed by atoms with Gasteiger partial charge in [0.05, 0.1) is 9.82 Å². The van der Waals surface area contributed by atoms with Crippen LogP contribution in [0, 0.1) is 23.0 Å². The SMILES string of the molecule is CCN(CCC(C)C)C(CCCc1ccc([N+](=O)[O-])cc1)OS(=O)(=O)c1ccc(C)cc1. The van der Waals surface area contributed by atoms with Crippen molar-refractivity contribution in [1.29, 1.82) is 0 Å². The Morgan fingerprint density at radius 1 is 1.03 bits per heavy atom. The zero-order valence-electron chi connectivity index (χ0n) is 19.4. The molecule has 1 atom stereocenters. The fraction of sp³-hybridized carbons (Fsp3) is 0.500. The molecule has 1 unspecified atom stereocenters. The first-order chi connectivity index (χ1) is 15.1. The van der Waals surface area contributed by atoms with Crippen molar-refractivity contribution in [3.63, 3.8) is 0 Å². The van der Waals surface area contributed by atoms with Crippen LogP contribution < -0.4 is 0 Å². The largest absolute Gasteiger partial charge is 0.298 e. The summed E-state index contributed by atoms with van der Waals surface area (Å²) < 4.78 is 31.6. The zero-order chi connectivity index (χ0) is 23.7. The molecule has 0 amide bonds. The lowest BCUT2D eigenvalue weighted by Gasteiger charge is -2.30. The molecule has 8 heteroatoms. The first-order valence-electron chi connectivity index (χ1n) is 11.1. The highest BCUT2D eigenvalue weighted by molar-refractivity contribution is 7.86. The Morgan fingerprint density at radius 3 is 2.19 bits per heavy atom. The normalized spacial score (nSPS) is 12.9. The minimum Gasteiger partial charge on any atom is -0.277 e. The lowest BCUT2D eigenvalue weighted by Crippen LogP contribution is -2.40. The molecular formula is C24H34N2O5S. The van der Waals surface area contributed by atoms with Gasteiger partial charge in [0.1, 0.15) is 6.23 Å². The van der Waals surface area contributed by atoms with E-state index in [1.54, 1.807) is 36.4 Å². The quantitative estimate of drug-likeness (QED) is 0.173. The Bertz CT molecular complexity index is 957. The summed E-state index contributed by atoms with van der Waals surface area (Å²) in [6, 6.07) is 13.1. The lowest BCUT2D eigenvalue weighted by molar-refractivity contribution is -0.384. The van der Waals surface area contributed by atoms with Crippen LogP contribution in [-0.4, -0.2) is 37.6 Å². The standard InChI is InChI=1S/C24H34N2O5S/c1-5-25(18-17-19(2)3)24(31-32(29,30)23-15-9-20(4)10-16-23)8-6-7-21-11-13-22(14-12-21)26(27)28/h9-16,19,24H,5-8,17-18H2,1-4H3. The number of nitrogens with zero attached hydrogens (tertiary/aromatic N) is 2. The molecule has 2 aromatic carbocycles. The number of hydrogen-bond acceptors (Lipinski definition) is 6. The van der Waals surface area contributed by atoms with E-state index >= 15 is 0 Å². The summed E-state index contributed by atoms with van der Waals surface area (Å²) in [4.78, 5) is 12.6. The molecule has 0 N–H and O–H groups in total. The Balaban J connectivity index is 2.12. The Labute approximate surface area is 191 Å². The van der Waals surface area contributed by atoms with Crippen LogP contribution >= 0.6 is 0 Å². The predicted molar refractivity (Wildman–Crippen MR) is 126 cm³/mol. The number of hydrogen-bond donors (Lipinski definition) is 0. The van der Waals surface area contributed by atoms with Crippen LogP contribution in [0.2, 0.25) is 0 Å². The first kappa shape index (κ1) is 26.0. The second kappa shape index (κ2) is 12.1. The molecule has 0 fully saturated rings. The second-order valence-electron chi connectivity index (χ2n) is 8.44. The van der Waals surface area contributed by atoms with Crippen molar-refractivity contribution in [2.24, 2.45) is 5.92 Å². The molecule has 0 aromatic heterocycles. The monoisotopic (exact) mass is 462 g/mol. The van der Waals surface area contributed by atoms with E-state index in [-0.39, 0.29) is 10.6 Å². The maximum atomic E-state index is 12.9. The van der Waals surface area contributed by atoms with Crippen LogP contribution in [0.25, 0.3) is 0 Å². The number of rotatable bonds is 13. The van der Waals surface area contributed by atoms with Crippen molar-refractivity contribution in [2.45, 2.75) is 64.5 Å². The Kier molecular flexibility index (Phi) is 9.81. The van der Waals surface area contributed by atoms with Crippen LogP contribution in [0.5, 0.6) is 0 Å². The highest BCUT2D eigenvalue weighted by Crippen LogP contribution is 2.22. The number of nitro groups is 1. The molecule has 0 saturated heterocycles. The summed E-state index contributed by atoms with van der Waals surface area (Å²) in [5, 5.41) is 10.8. The summed E-state index contributed by atoms with van der Waals surface area (Å²) in [6.45, 7) is 9.62. The fourth-order valence-electron chi connectivity index (χ4n) is 3.39. The molecular weight excluding hydrogens is 428 g/mol. The van der Waals surface area contributed by atoms with Crippen LogP contribution in [0.15, 0.2) is 53.4 Å². The van der Waals surface area contributed by atoms with E-state index in [1.807, 2.05) is 13.8 Å². The molecule has 0 aliphatic carbocycles. The van der Waals surface area contributed by atoms with Crippen LogP contribution in [0.1, 0.15) is 51.2 Å². The van der Waals surface area contributed by atoms with Gasteiger partial charge in [0, 0.05) is 18.7 Å². The summed E-state index contributed by atoms with van der Waals surface area (Å²) >= 11 is 0. The van der Waals surface area contributed by atoms with Crippen molar-refractivity contribution in [2.75, 3.05) is 13.1 Å². The first-order valence-corrected chi connectivity index (χ1v) is 12.5. The second-order valence-corrected chi connectivity index (χ2v) is 10.0. The summed E-state index contributed by atoms with van der Waals surface area (Å²) in [7, 11) is -3.90. The van der Waals surface area contributed by atoms with E-state index in [4.69, 9.17) is 4.18 Å². The van der Waals surface area contributed by atoms with E-state index in [0.29, 0.717) is 31.7 Å². The maximum Gasteiger partial charge on any atom is 0.298 e. The van der Waals surface area contributed by atoms with Crippen molar-refractivity contribution >= 4 is 15.8 Å². The third kappa shape index (κ3) is 8.00. The van der Waals surface area contributed by atoms with Gasteiger partial charge in [0.25, 0.3) is 15.8 Å². The fourth-order valence-corrected chi connectivity index (χ4v) is 4.48. The molecule has 0 radical (unpaired) electrons. The zero-order valence-corrected chi connectivity index (χ0v) is 20.2. The molecule has 0 aliphatic rings. The molecule has 2 aromatic rings. The van der Waals surface area contributed by atoms with Gasteiger partial charge >= 0.3 is 0 Å². The molecule has 0 spiro atoms. The van der Waals surface area contributed by atoms with Gasteiger partial charge in [-0.05, 0) is 62.8 Å². The Hall–Kier alpha value is -2.29. The van der Waals surface area contributed by atoms with Crippen molar-refractivity contribution in [3.05, 3.63) is 69.8 Å². The summed E-state index contributed by atoms with van der Waals surface area (Å²) in [5.74, 6) is 0.499. The minimum absolute atomic E-state index is 0.0602. The molecule has 0 heterocycles. The molecule has 176 valence electrons. The van der Waals surface area contributed by atoms with E-state index in [2.05, 4.69) is 18.7 Å². The number of aryl methyl sites for hydroxylation is 2. The summed E-state index contributed by atoms with van der Waals surface area (Å²) in [5.41, 5.74) is 2.02. The van der Waals surface area contributed by atoms with Gasteiger partial charge in [-0.3, -0.25) is 15.0 Å². The van der Waals surface area contributed by atoms with Gasteiger partial charge in [0.15, 0.2) is 0 Å². The van der Waals surface area contributed by atoms with Crippen molar-refractivity contribution in [3.8, 4) is 0 Å². The van der Waals surface area contributed by atoms with Gasteiger partial charge in [-0.25, -0.2) is 4.18 Å². The molecule has 32 heavy (non-hydrogen) atoms. The van der Waals surface area contributed by atoms with E-state index < -0.39 is 21.3 Å². The average molecular weight is 463 g/mol. The van der Waals surface area contributed by atoms with E-state index in [1.165, 1.54) is 12.1 Å². The highest BCUT2D eigenvalue weighted by Gasteiger charge is 2.26. The molecule has 2 rings (SSSR count). The van der Waals surface area contributed by atoms with Gasteiger partial charge in [0.2, 0.25) is 0 Å². The van der Waals surface area contributed by atoms with E-state index in [0.717, 1.165) is 24.1 Å². The average Bonchev–Trinajstić information content (AvgIpc) is 2.74. The lowest BCUT2D eigenvalue weighted by atomic mass is 10.1. The van der Waals surface area contributed by atoms with Gasteiger partial charge < -0.3 is 0 Å². The molecule has 7 nitrogen and oxygen atoms in total. The van der Waals surface area contributed by atoms with Gasteiger partial charge in [-0.15, -0.1) is 0 Å². The molecule has 0 saturated carbocycles. The van der Waals surface area contributed by atoms with E-state index in [9.17, 15) is 18.5 Å². The van der Waals surface area contributed by atoms with Gasteiger partial charge in [-0.2, -0.15) is 8.42 Å². The van der Waals surface area contributed by atoms with Crippen molar-refractivity contribution < 1.29 is 17.5 Å². The van der Waals surface area contributed by atoms with Crippen LogP contribution in [0.3, 0.4) is 0 Å². The third-order valence-corrected chi connectivity index (χ3v) is 6.74. The number of benzene rings is 2.